The highest BCUT2D eigenvalue weighted by Gasteiger charge is 2.20. The molecule has 0 unspecified atom stereocenters. The minimum atomic E-state index is -0.202. The summed E-state index contributed by atoms with van der Waals surface area (Å²) in [6, 6.07) is 11.3. The molecule has 0 amide bonds. The number of aromatic nitrogens is 5. The van der Waals surface area contributed by atoms with E-state index in [4.69, 9.17) is 4.42 Å². The average molecular weight is 524 g/mol. The molecule has 0 bridgehead atoms. The number of rotatable bonds is 10. The van der Waals surface area contributed by atoms with E-state index in [1.165, 1.54) is 11.3 Å². The smallest absolute Gasteiger partial charge is 0.259 e. The van der Waals surface area contributed by atoms with Crippen LogP contribution in [0.15, 0.2) is 47.0 Å². The van der Waals surface area contributed by atoms with Gasteiger partial charge in [-0.15, -0.1) is 10.2 Å². The Kier molecular flexibility index (Phi) is 7.84. The summed E-state index contributed by atoms with van der Waals surface area (Å²) in [5.41, 5.74) is 0.854. The van der Waals surface area contributed by atoms with Crippen molar-refractivity contribution < 1.29 is 14.6 Å². The molecule has 1 fully saturated rings. The van der Waals surface area contributed by atoms with Gasteiger partial charge in [-0.2, -0.15) is 9.97 Å². The molecule has 1 aromatic carbocycles. The molecule has 13 heteroatoms. The second kappa shape index (κ2) is 11.6. The summed E-state index contributed by atoms with van der Waals surface area (Å²) in [5, 5.41) is 34.1. The fourth-order valence-corrected chi connectivity index (χ4v) is 4.64. The Hall–Kier alpha value is -3.65. The Morgan fingerprint density at radius 2 is 1.84 bits per heavy atom. The largest absolute Gasteiger partial charge is 0.415 e. The number of piperazine rings is 1. The Bertz CT molecular complexity index is 1290. The predicted octanol–water partition coefficient (Wildman–Crippen LogP) is 2.30. The van der Waals surface area contributed by atoms with Crippen LogP contribution in [0.5, 0.6) is 0 Å². The van der Waals surface area contributed by atoms with Gasteiger partial charge in [0.25, 0.3) is 5.89 Å². The molecule has 4 heterocycles. The number of hydrogen-bond donors (Lipinski definition) is 4. The van der Waals surface area contributed by atoms with Crippen molar-refractivity contribution in [3.8, 4) is 22.2 Å². The third kappa shape index (κ3) is 6.20. The first-order chi connectivity index (χ1) is 18.1. The molecule has 5 rings (SSSR count). The quantitative estimate of drug-likeness (QED) is 0.242. The first-order valence-electron chi connectivity index (χ1n) is 12.1. The van der Waals surface area contributed by atoms with Gasteiger partial charge in [0.15, 0.2) is 5.13 Å². The molecule has 0 radical (unpaired) electrons. The van der Waals surface area contributed by atoms with Crippen LogP contribution in [0.3, 0.4) is 0 Å². The highest BCUT2D eigenvalue weighted by atomic mass is 32.1. The molecule has 1 aliphatic heterocycles. The molecule has 194 valence electrons. The van der Waals surface area contributed by atoms with Gasteiger partial charge in [0, 0.05) is 50.4 Å². The first kappa shape index (κ1) is 25.0. The van der Waals surface area contributed by atoms with Crippen molar-refractivity contribution in [1.29, 1.82) is 0 Å². The Morgan fingerprint density at radius 1 is 1.05 bits per heavy atom. The van der Waals surface area contributed by atoms with Crippen LogP contribution in [0, 0.1) is 0 Å². The second-order valence-corrected chi connectivity index (χ2v) is 9.68. The minimum Gasteiger partial charge on any atom is -0.415 e. The van der Waals surface area contributed by atoms with Gasteiger partial charge in [0.05, 0.1) is 19.4 Å². The topological polar surface area (TPSA) is 149 Å². The molecule has 1 saturated heterocycles. The van der Waals surface area contributed by atoms with Gasteiger partial charge in [-0.25, -0.2) is 4.98 Å². The average Bonchev–Trinajstić information content (AvgIpc) is 3.60. The van der Waals surface area contributed by atoms with Gasteiger partial charge in [-0.1, -0.05) is 29.5 Å². The van der Waals surface area contributed by atoms with E-state index in [0.29, 0.717) is 35.2 Å². The zero-order valence-electron chi connectivity index (χ0n) is 20.4. The lowest BCUT2D eigenvalue weighted by Gasteiger charge is -2.35. The van der Waals surface area contributed by atoms with Crippen LogP contribution in [-0.2, 0) is 0 Å². The fourth-order valence-electron chi connectivity index (χ4n) is 3.89. The van der Waals surface area contributed by atoms with Crippen molar-refractivity contribution in [2.45, 2.75) is 13.0 Å². The lowest BCUT2D eigenvalue weighted by atomic mass is 10.2. The van der Waals surface area contributed by atoms with E-state index in [2.05, 4.69) is 45.6 Å². The van der Waals surface area contributed by atoms with Crippen molar-refractivity contribution in [2.75, 3.05) is 61.5 Å². The fraction of sp³-hybridized carbons (Fsp3) is 0.375. The molecule has 3 aromatic heterocycles. The Balaban J connectivity index is 1.34. The first-order valence-corrected chi connectivity index (χ1v) is 12.9. The monoisotopic (exact) mass is 523 g/mol. The molecule has 0 saturated carbocycles. The number of β-amino-alcohol motifs (C(OH)–C–C–N with tert-alkyl or cyclic N) is 1. The summed E-state index contributed by atoms with van der Waals surface area (Å²) < 4.78 is 5.85. The van der Waals surface area contributed by atoms with Crippen molar-refractivity contribution in [1.82, 2.24) is 30.0 Å². The van der Waals surface area contributed by atoms with E-state index in [-0.39, 0.29) is 19.3 Å². The van der Waals surface area contributed by atoms with E-state index >= 15 is 0 Å². The molecule has 1 aliphatic rings. The number of anilines is 4. The van der Waals surface area contributed by atoms with Gasteiger partial charge < -0.3 is 30.2 Å². The summed E-state index contributed by atoms with van der Waals surface area (Å²) in [5.74, 6) is 2.61. The van der Waals surface area contributed by atoms with Gasteiger partial charge >= 0.3 is 0 Å². The normalized spacial score (nSPS) is 15.1. The van der Waals surface area contributed by atoms with Crippen LogP contribution in [0.2, 0.25) is 0 Å². The van der Waals surface area contributed by atoms with Crippen LogP contribution < -0.4 is 15.5 Å². The maximum Gasteiger partial charge on any atom is 0.259 e. The number of aliphatic hydroxyl groups excluding tert-OH is 2. The number of benzene rings is 1. The summed E-state index contributed by atoms with van der Waals surface area (Å²) >= 11 is 1.38. The third-order valence-electron chi connectivity index (χ3n) is 5.87. The number of nitrogens with one attached hydrogen (secondary N) is 2. The lowest BCUT2D eigenvalue weighted by molar-refractivity contribution is 0.188. The van der Waals surface area contributed by atoms with E-state index in [1.807, 2.05) is 43.3 Å². The number of aliphatic hydroxyl groups is 2. The maximum absolute atomic E-state index is 9.49. The molecule has 4 N–H and O–H groups in total. The standard InChI is InChI=1S/C24H29N9O3S/c1-16(15-35)26-23-27-19(13-20(29-23)33-9-7-32(8-10-33)11-12-34)28-24-25-14-18(37-24)22-31-30-21(36-22)17-5-3-2-4-6-17/h2-6,13-14,16,34-35H,7-12,15H2,1H3,(H2,25,26,27,28,29)/t16-/m0/s1. The zero-order valence-corrected chi connectivity index (χ0v) is 21.2. The Morgan fingerprint density at radius 3 is 2.59 bits per heavy atom. The van der Waals surface area contributed by atoms with Crippen molar-refractivity contribution in [2.24, 2.45) is 0 Å². The molecule has 12 nitrogen and oxygen atoms in total. The summed E-state index contributed by atoms with van der Waals surface area (Å²) in [6.07, 6.45) is 1.69. The third-order valence-corrected chi connectivity index (χ3v) is 6.77. The predicted molar refractivity (Wildman–Crippen MR) is 142 cm³/mol. The highest BCUT2D eigenvalue weighted by molar-refractivity contribution is 7.18. The van der Waals surface area contributed by atoms with Crippen molar-refractivity contribution in [3.05, 3.63) is 42.6 Å². The molecular formula is C24H29N9O3S. The molecule has 4 aromatic rings. The van der Waals surface area contributed by atoms with Crippen molar-refractivity contribution in [3.63, 3.8) is 0 Å². The van der Waals surface area contributed by atoms with Gasteiger partial charge in [-0.3, -0.25) is 4.90 Å². The molecule has 0 aliphatic carbocycles. The van der Waals surface area contributed by atoms with E-state index in [0.717, 1.165) is 42.4 Å². The number of hydrogen-bond acceptors (Lipinski definition) is 13. The summed E-state index contributed by atoms with van der Waals surface area (Å²) in [4.78, 5) is 18.9. The van der Waals surface area contributed by atoms with Gasteiger partial charge in [0.1, 0.15) is 16.5 Å². The zero-order chi connectivity index (χ0) is 25.6. The maximum atomic E-state index is 9.49. The van der Waals surface area contributed by atoms with Crippen molar-refractivity contribution >= 4 is 34.1 Å². The molecule has 1 atom stereocenters. The molecule has 0 spiro atoms. The van der Waals surface area contributed by atoms with Crippen LogP contribution in [-0.4, -0.2) is 92.2 Å². The van der Waals surface area contributed by atoms with Crippen LogP contribution in [0.1, 0.15) is 6.92 Å². The lowest BCUT2D eigenvalue weighted by Crippen LogP contribution is -2.47. The van der Waals surface area contributed by atoms with Crippen LogP contribution in [0.4, 0.5) is 22.7 Å². The van der Waals surface area contributed by atoms with E-state index < -0.39 is 0 Å². The van der Waals surface area contributed by atoms with Gasteiger partial charge in [0.2, 0.25) is 11.8 Å². The summed E-state index contributed by atoms with van der Waals surface area (Å²) in [6.45, 7) is 5.90. The summed E-state index contributed by atoms with van der Waals surface area (Å²) in [7, 11) is 0. The number of thiazole rings is 1. The van der Waals surface area contributed by atoms with E-state index in [9.17, 15) is 10.2 Å². The SMILES string of the molecule is C[C@@H](CO)Nc1nc(Nc2ncc(-c3nnc(-c4ccccc4)o3)s2)cc(N2CCN(CCO)CC2)n1. The molecule has 37 heavy (non-hydrogen) atoms. The Labute approximate surface area is 218 Å². The van der Waals surface area contributed by atoms with Crippen LogP contribution in [0.25, 0.3) is 22.2 Å². The number of nitrogens with zero attached hydrogens (tertiary/aromatic N) is 7. The second-order valence-electron chi connectivity index (χ2n) is 8.65. The minimum absolute atomic E-state index is 0.0405. The highest BCUT2D eigenvalue weighted by Crippen LogP contribution is 2.32. The van der Waals surface area contributed by atoms with E-state index in [1.54, 1.807) is 6.20 Å². The molecular weight excluding hydrogens is 494 g/mol. The van der Waals surface area contributed by atoms with Crippen LogP contribution >= 0.6 is 11.3 Å². The van der Waals surface area contributed by atoms with Gasteiger partial charge in [-0.05, 0) is 19.1 Å².